The molecule has 5 heteroatoms. The van der Waals surface area contributed by atoms with Gasteiger partial charge in [-0.15, -0.1) is 0 Å². The van der Waals surface area contributed by atoms with Gasteiger partial charge in [0.1, 0.15) is 29.8 Å². The minimum absolute atomic E-state index is 0.301. The number of aromatic nitrogens is 1. The average molecular weight is 484 g/mol. The molecule has 1 heterocycles. The Balaban J connectivity index is 1.73. The maximum Gasteiger partial charge on any atom is 0.142 e. The number of nitrogens with zero attached hydrogens (tertiary/aromatic N) is 2. The minimum atomic E-state index is 0.301. The Hall–Kier alpha value is -3.36. The van der Waals surface area contributed by atoms with Crippen LogP contribution in [-0.4, -0.2) is 4.98 Å². The molecular weight excluding hydrogens is 462 g/mol. The van der Waals surface area contributed by atoms with Gasteiger partial charge in [0.25, 0.3) is 0 Å². The molecule has 0 radical (unpaired) electrons. The molecule has 1 aliphatic rings. The highest BCUT2D eigenvalue weighted by atomic mass is 79.9. The number of fused-ring (bicyclic) bond motifs is 2. The van der Waals surface area contributed by atoms with Crippen molar-refractivity contribution in [3.05, 3.63) is 87.5 Å². The number of nitrogens with two attached hydrogens (primary N) is 1. The van der Waals surface area contributed by atoms with E-state index in [4.69, 9.17) is 10.5 Å². The number of nitriles is 1. The van der Waals surface area contributed by atoms with Crippen molar-refractivity contribution in [1.29, 1.82) is 5.26 Å². The van der Waals surface area contributed by atoms with Gasteiger partial charge in [-0.2, -0.15) is 5.26 Å². The number of anilines is 1. The summed E-state index contributed by atoms with van der Waals surface area (Å²) in [5.74, 6) is 1.05. The van der Waals surface area contributed by atoms with Crippen molar-refractivity contribution in [3.63, 3.8) is 0 Å². The summed E-state index contributed by atoms with van der Waals surface area (Å²) in [6, 6.07) is 22.7. The normalized spacial score (nSPS) is 12.9. The van der Waals surface area contributed by atoms with Gasteiger partial charge < -0.3 is 10.5 Å². The minimum Gasteiger partial charge on any atom is -0.488 e. The average Bonchev–Trinajstić information content (AvgIpc) is 2.82. The van der Waals surface area contributed by atoms with Crippen LogP contribution >= 0.6 is 15.9 Å². The van der Waals surface area contributed by atoms with Crippen LogP contribution in [0.5, 0.6) is 5.75 Å². The molecule has 32 heavy (non-hydrogen) atoms. The lowest BCUT2D eigenvalue weighted by Gasteiger charge is -2.23. The molecule has 0 amide bonds. The molecule has 0 bridgehead atoms. The zero-order valence-corrected chi connectivity index (χ0v) is 19.2. The monoisotopic (exact) mass is 483 g/mol. The number of pyridine rings is 1. The van der Waals surface area contributed by atoms with Crippen LogP contribution < -0.4 is 10.5 Å². The van der Waals surface area contributed by atoms with E-state index in [-0.39, 0.29) is 0 Å². The molecule has 2 N–H and O–H groups in total. The number of halogens is 1. The van der Waals surface area contributed by atoms with Crippen molar-refractivity contribution >= 4 is 32.5 Å². The molecule has 0 saturated heterocycles. The maximum absolute atomic E-state index is 10.0. The molecular formula is C27H22BrN3O. The van der Waals surface area contributed by atoms with Crippen LogP contribution in [0.2, 0.25) is 0 Å². The third kappa shape index (κ3) is 3.72. The van der Waals surface area contributed by atoms with Gasteiger partial charge in [-0.1, -0.05) is 58.4 Å². The van der Waals surface area contributed by atoms with Gasteiger partial charge in [0, 0.05) is 21.3 Å². The van der Waals surface area contributed by atoms with Crippen LogP contribution in [-0.2, 0) is 19.4 Å². The van der Waals surface area contributed by atoms with Gasteiger partial charge in [0.05, 0.1) is 0 Å². The Morgan fingerprint density at radius 2 is 1.75 bits per heavy atom. The smallest absolute Gasteiger partial charge is 0.142 e. The Bertz CT molecular complexity index is 1360. The molecule has 4 nitrogen and oxygen atoms in total. The summed E-state index contributed by atoms with van der Waals surface area (Å²) in [7, 11) is 0. The van der Waals surface area contributed by atoms with E-state index in [0.29, 0.717) is 18.0 Å². The predicted molar refractivity (Wildman–Crippen MR) is 131 cm³/mol. The lowest BCUT2D eigenvalue weighted by molar-refractivity contribution is 0.308. The first kappa shape index (κ1) is 20.5. The van der Waals surface area contributed by atoms with Crippen LogP contribution in [0, 0.1) is 11.3 Å². The SMILES string of the molecule is N#Cc1c(N)nc2c(c1-c1c(OCc3ccc(Br)cc3)ccc3ccccc13)CCCC2. The van der Waals surface area contributed by atoms with E-state index in [1.54, 1.807) is 0 Å². The summed E-state index contributed by atoms with van der Waals surface area (Å²) in [6.07, 6.45) is 3.95. The molecule has 5 rings (SSSR count). The second-order valence-corrected chi connectivity index (χ2v) is 8.98. The molecule has 158 valence electrons. The van der Waals surface area contributed by atoms with E-state index in [2.05, 4.69) is 45.2 Å². The molecule has 1 aliphatic carbocycles. The van der Waals surface area contributed by atoms with Crippen molar-refractivity contribution in [2.24, 2.45) is 0 Å². The van der Waals surface area contributed by atoms with Crippen molar-refractivity contribution in [2.45, 2.75) is 32.3 Å². The van der Waals surface area contributed by atoms with E-state index >= 15 is 0 Å². The second kappa shape index (κ2) is 8.64. The van der Waals surface area contributed by atoms with E-state index in [9.17, 15) is 5.26 Å². The number of nitrogen functional groups attached to an aromatic ring is 1. The van der Waals surface area contributed by atoms with E-state index in [0.717, 1.165) is 74.6 Å². The molecule has 0 saturated carbocycles. The third-order valence-corrected chi connectivity index (χ3v) is 6.59. The van der Waals surface area contributed by atoms with Crippen molar-refractivity contribution in [2.75, 3.05) is 5.73 Å². The Kier molecular flexibility index (Phi) is 5.55. The third-order valence-electron chi connectivity index (χ3n) is 6.06. The summed E-state index contributed by atoms with van der Waals surface area (Å²) < 4.78 is 7.40. The Morgan fingerprint density at radius 1 is 0.969 bits per heavy atom. The van der Waals surface area contributed by atoms with Crippen LogP contribution in [0.25, 0.3) is 21.9 Å². The lowest BCUT2D eigenvalue weighted by atomic mass is 9.84. The van der Waals surface area contributed by atoms with Crippen LogP contribution in [0.4, 0.5) is 5.82 Å². The maximum atomic E-state index is 10.0. The van der Waals surface area contributed by atoms with Crippen molar-refractivity contribution in [3.8, 4) is 22.9 Å². The molecule has 3 aromatic carbocycles. The highest BCUT2D eigenvalue weighted by Crippen LogP contribution is 2.44. The van der Waals surface area contributed by atoms with Gasteiger partial charge in [0.2, 0.25) is 0 Å². The fraction of sp³-hybridized carbons (Fsp3) is 0.185. The first-order valence-corrected chi connectivity index (χ1v) is 11.6. The first-order chi connectivity index (χ1) is 15.7. The Labute approximate surface area is 195 Å². The summed E-state index contributed by atoms with van der Waals surface area (Å²) >= 11 is 3.48. The quantitative estimate of drug-likeness (QED) is 0.355. The Morgan fingerprint density at radius 3 is 2.56 bits per heavy atom. The van der Waals surface area contributed by atoms with Crippen LogP contribution in [0.15, 0.2) is 65.1 Å². The number of benzene rings is 3. The molecule has 0 atom stereocenters. The first-order valence-electron chi connectivity index (χ1n) is 10.8. The van der Waals surface area contributed by atoms with E-state index in [1.807, 2.05) is 42.5 Å². The van der Waals surface area contributed by atoms with Crippen LogP contribution in [0.1, 0.15) is 35.2 Å². The fourth-order valence-corrected chi connectivity index (χ4v) is 4.79. The number of hydrogen-bond donors (Lipinski definition) is 1. The number of ether oxygens (including phenoxy) is 1. The highest BCUT2D eigenvalue weighted by Gasteiger charge is 2.25. The summed E-state index contributed by atoms with van der Waals surface area (Å²) in [5, 5.41) is 12.2. The fourth-order valence-electron chi connectivity index (χ4n) is 4.52. The van der Waals surface area contributed by atoms with Gasteiger partial charge in [0.15, 0.2) is 0 Å². The number of aryl methyl sites for hydroxylation is 1. The zero-order valence-electron chi connectivity index (χ0n) is 17.6. The molecule has 0 spiro atoms. The molecule has 0 unspecified atom stereocenters. The second-order valence-electron chi connectivity index (χ2n) is 8.07. The molecule has 0 aliphatic heterocycles. The zero-order chi connectivity index (χ0) is 22.1. The van der Waals surface area contributed by atoms with Gasteiger partial charge in [-0.25, -0.2) is 4.98 Å². The van der Waals surface area contributed by atoms with Gasteiger partial charge in [-0.3, -0.25) is 0 Å². The molecule has 4 aromatic rings. The largest absolute Gasteiger partial charge is 0.488 e. The lowest BCUT2D eigenvalue weighted by Crippen LogP contribution is -2.12. The summed E-state index contributed by atoms with van der Waals surface area (Å²) in [6.45, 7) is 0.434. The van der Waals surface area contributed by atoms with Crippen molar-refractivity contribution < 1.29 is 4.74 Å². The standard InChI is InChI=1S/C27H22BrN3O/c28-19-12-9-17(10-13-19)16-32-24-14-11-18-5-1-2-6-20(18)26(24)25-21-7-3-4-8-23(21)31-27(30)22(25)15-29/h1-2,5-6,9-14H,3-4,7-8,16H2,(H2,30,31). The topological polar surface area (TPSA) is 71.9 Å². The summed E-state index contributed by atoms with van der Waals surface area (Å²) in [4.78, 5) is 4.59. The van der Waals surface area contributed by atoms with Crippen LogP contribution in [0.3, 0.4) is 0 Å². The molecule has 0 fully saturated rings. The summed E-state index contributed by atoms with van der Waals surface area (Å²) in [5.41, 5.74) is 11.8. The number of hydrogen-bond acceptors (Lipinski definition) is 4. The number of rotatable bonds is 4. The highest BCUT2D eigenvalue weighted by molar-refractivity contribution is 9.10. The van der Waals surface area contributed by atoms with Crippen molar-refractivity contribution in [1.82, 2.24) is 4.98 Å². The molecule has 1 aromatic heterocycles. The predicted octanol–water partition coefficient (Wildman–Crippen LogP) is 6.58. The van der Waals surface area contributed by atoms with Gasteiger partial charge >= 0.3 is 0 Å². The van der Waals surface area contributed by atoms with Gasteiger partial charge in [-0.05, 0) is 65.8 Å². The van der Waals surface area contributed by atoms with E-state index in [1.165, 1.54) is 0 Å². The van der Waals surface area contributed by atoms with E-state index < -0.39 is 0 Å².